The Labute approximate surface area is 364 Å². The molecule has 8 aromatic carbocycles. The standard InChI is InChI=1S/C54H36F2N6Si/c55-43-25-13-21-39(33-43)51-57-49(37-17-5-1-6-18-37)59-53(61-51)41-23-15-31-47(35-41)63(45-27-9-3-10-28-45,46-29-11-4-12-30-46)48-32-16-24-42(36-48)54-60-50(38-19-7-2-8-20-38)58-52(62-54)40-22-14-26-44(56)34-40/h1-36H. The Hall–Kier alpha value is -8.14. The lowest BCUT2D eigenvalue weighted by molar-refractivity contribution is 0.627. The van der Waals surface area contributed by atoms with Gasteiger partial charge in [-0.05, 0) is 45.0 Å². The van der Waals surface area contributed by atoms with E-state index in [1.54, 1.807) is 24.3 Å². The van der Waals surface area contributed by atoms with Crippen molar-refractivity contribution in [3.05, 3.63) is 230 Å². The Balaban J connectivity index is 1.20. The zero-order chi connectivity index (χ0) is 42.6. The van der Waals surface area contributed by atoms with E-state index >= 15 is 0 Å². The molecule has 2 heterocycles. The van der Waals surface area contributed by atoms with E-state index in [2.05, 4.69) is 84.9 Å². The van der Waals surface area contributed by atoms with Crippen molar-refractivity contribution in [2.45, 2.75) is 0 Å². The van der Waals surface area contributed by atoms with Gasteiger partial charge in [-0.15, -0.1) is 0 Å². The van der Waals surface area contributed by atoms with Crippen LogP contribution >= 0.6 is 0 Å². The molecule has 0 bridgehead atoms. The maximum Gasteiger partial charge on any atom is 0.179 e. The molecule has 9 heteroatoms. The third-order valence-corrected chi connectivity index (χ3v) is 15.8. The second-order valence-electron chi connectivity index (χ2n) is 15.0. The fourth-order valence-electron chi connectivity index (χ4n) is 8.12. The molecule has 63 heavy (non-hydrogen) atoms. The van der Waals surface area contributed by atoms with E-state index in [1.807, 2.05) is 84.9 Å². The first kappa shape index (κ1) is 39.0. The molecule has 10 aromatic rings. The first-order valence-electron chi connectivity index (χ1n) is 20.5. The molecule has 0 aliphatic heterocycles. The highest BCUT2D eigenvalue weighted by Gasteiger charge is 2.42. The van der Waals surface area contributed by atoms with Gasteiger partial charge in [-0.1, -0.05) is 194 Å². The summed E-state index contributed by atoms with van der Waals surface area (Å²) in [4.78, 5) is 29.7. The number of aromatic nitrogens is 6. The van der Waals surface area contributed by atoms with Gasteiger partial charge in [0, 0.05) is 33.4 Å². The summed E-state index contributed by atoms with van der Waals surface area (Å²) in [5.41, 5.74) is 4.31. The normalized spacial score (nSPS) is 11.3. The predicted molar refractivity (Wildman–Crippen MR) is 249 cm³/mol. The van der Waals surface area contributed by atoms with Gasteiger partial charge in [0.15, 0.2) is 43.0 Å². The van der Waals surface area contributed by atoms with Crippen molar-refractivity contribution in [1.29, 1.82) is 0 Å². The average molecular weight is 835 g/mol. The van der Waals surface area contributed by atoms with Crippen LogP contribution in [0.3, 0.4) is 0 Å². The maximum absolute atomic E-state index is 14.6. The van der Waals surface area contributed by atoms with E-state index in [0.717, 1.165) is 43.0 Å². The van der Waals surface area contributed by atoms with Crippen LogP contribution in [0.1, 0.15) is 0 Å². The summed E-state index contributed by atoms with van der Waals surface area (Å²) in [6.07, 6.45) is 0. The number of nitrogens with zero attached hydrogens (tertiary/aromatic N) is 6. The molecule has 0 aliphatic rings. The van der Waals surface area contributed by atoms with E-state index in [4.69, 9.17) is 29.9 Å². The topological polar surface area (TPSA) is 77.3 Å². The first-order chi connectivity index (χ1) is 31.0. The third kappa shape index (κ3) is 7.85. The Morgan fingerprint density at radius 1 is 0.238 bits per heavy atom. The molecule has 0 atom stereocenters. The fraction of sp³-hybridized carbons (Fsp3) is 0. The summed E-state index contributed by atoms with van der Waals surface area (Å²) >= 11 is 0. The van der Waals surface area contributed by atoms with Crippen molar-refractivity contribution >= 4 is 28.8 Å². The number of hydrogen-bond donors (Lipinski definition) is 0. The van der Waals surface area contributed by atoms with Crippen LogP contribution in [0.2, 0.25) is 0 Å². The Morgan fingerprint density at radius 3 is 0.825 bits per heavy atom. The highest BCUT2D eigenvalue weighted by Crippen LogP contribution is 2.28. The Kier molecular flexibility index (Phi) is 10.6. The van der Waals surface area contributed by atoms with Crippen LogP contribution in [-0.4, -0.2) is 38.0 Å². The molecule has 0 spiro atoms. The molecule has 0 N–H and O–H groups in total. The van der Waals surface area contributed by atoms with Gasteiger partial charge < -0.3 is 0 Å². The van der Waals surface area contributed by atoms with E-state index in [0.29, 0.717) is 46.1 Å². The number of halogens is 2. The predicted octanol–water partition coefficient (Wildman–Crippen LogP) is 9.71. The Bertz CT molecular complexity index is 2990. The lowest BCUT2D eigenvalue weighted by Gasteiger charge is -2.35. The molecule has 300 valence electrons. The number of rotatable bonds is 10. The van der Waals surface area contributed by atoms with Crippen LogP contribution in [0.15, 0.2) is 218 Å². The van der Waals surface area contributed by atoms with Crippen LogP contribution in [0.25, 0.3) is 68.3 Å². The second-order valence-corrected chi connectivity index (χ2v) is 18.8. The SMILES string of the molecule is Fc1cccc(-c2nc(-c3ccccc3)nc(-c3cccc([Si](c4ccccc4)(c4ccccc4)c4cccc(-c5nc(-c6ccccc6)nc(-c6cccc(F)c6)n5)c4)c3)n2)c1. The van der Waals surface area contributed by atoms with Crippen molar-refractivity contribution in [3.63, 3.8) is 0 Å². The van der Waals surface area contributed by atoms with Gasteiger partial charge in [-0.3, -0.25) is 0 Å². The molecule has 0 aliphatic carbocycles. The lowest BCUT2D eigenvalue weighted by atomic mass is 10.1. The van der Waals surface area contributed by atoms with Gasteiger partial charge >= 0.3 is 0 Å². The third-order valence-electron chi connectivity index (χ3n) is 11.0. The maximum atomic E-state index is 14.6. The second kappa shape index (κ2) is 17.1. The molecule has 0 saturated heterocycles. The van der Waals surface area contributed by atoms with E-state index in [-0.39, 0.29) is 11.6 Å². The van der Waals surface area contributed by atoms with Crippen LogP contribution in [0.4, 0.5) is 8.78 Å². The largest absolute Gasteiger partial charge is 0.208 e. The molecule has 0 amide bonds. The average Bonchev–Trinajstić information content (AvgIpc) is 3.35. The van der Waals surface area contributed by atoms with Gasteiger partial charge in [-0.2, -0.15) is 0 Å². The molecule has 0 radical (unpaired) electrons. The quantitative estimate of drug-likeness (QED) is 0.101. The van der Waals surface area contributed by atoms with Crippen molar-refractivity contribution in [2.75, 3.05) is 0 Å². The summed E-state index contributed by atoms with van der Waals surface area (Å²) in [6.45, 7) is 0. The summed E-state index contributed by atoms with van der Waals surface area (Å²) in [5.74, 6) is 1.89. The highest BCUT2D eigenvalue weighted by molar-refractivity contribution is 7.20. The van der Waals surface area contributed by atoms with E-state index in [1.165, 1.54) is 24.3 Å². The van der Waals surface area contributed by atoms with Crippen LogP contribution < -0.4 is 20.7 Å². The molecular formula is C54H36F2N6Si. The van der Waals surface area contributed by atoms with Crippen LogP contribution in [0, 0.1) is 11.6 Å². The minimum atomic E-state index is -3.20. The van der Waals surface area contributed by atoms with Crippen molar-refractivity contribution in [2.24, 2.45) is 0 Å². The highest BCUT2D eigenvalue weighted by atomic mass is 28.3. The summed E-state index contributed by atoms with van der Waals surface area (Å²) in [7, 11) is -3.20. The van der Waals surface area contributed by atoms with E-state index < -0.39 is 8.07 Å². The molecule has 0 unspecified atom stereocenters. The molecular weight excluding hydrogens is 799 g/mol. The number of hydrogen-bond acceptors (Lipinski definition) is 6. The monoisotopic (exact) mass is 834 g/mol. The Morgan fingerprint density at radius 2 is 0.492 bits per heavy atom. The molecule has 6 nitrogen and oxygen atoms in total. The zero-order valence-corrected chi connectivity index (χ0v) is 34.7. The van der Waals surface area contributed by atoms with Crippen molar-refractivity contribution in [1.82, 2.24) is 29.9 Å². The van der Waals surface area contributed by atoms with Gasteiger partial charge in [-0.25, -0.2) is 38.7 Å². The molecule has 0 fully saturated rings. The lowest BCUT2D eigenvalue weighted by Crippen LogP contribution is -2.74. The summed E-state index contributed by atoms with van der Waals surface area (Å²) in [5, 5.41) is 4.49. The van der Waals surface area contributed by atoms with Crippen LogP contribution in [-0.2, 0) is 0 Å². The fourth-order valence-corrected chi connectivity index (χ4v) is 12.9. The molecule has 2 aromatic heterocycles. The van der Waals surface area contributed by atoms with Gasteiger partial charge in [0.1, 0.15) is 11.6 Å². The minimum absolute atomic E-state index is 0.371. The number of benzene rings is 8. The summed E-state index contributed by atoms with van der Waals surface area (Å²) in [6, 6.07) is 70.2. The van der Waals surface area contributed by atoms with Gasteiger partial charge in [0.2, 0.25) is 0 Å². The van der Waals surface area contributed by atoms with Crippen molar-refractivity contribution in [3.8, 4) is 68.3 Å². The van der Waals surface area contributed by atoms with E-state index in [9.17, 15) is 8.78 Å². The summed E-state index contributed by atoms with van der Waals surface area (Å²) < 4.78 is 29.2. The molecule has 10 rings (SSSR count). The van der Waals surface area contributed by atoms with Gasteiger partial charge in [0.05, 0.1) is 0 Å². The smallest absolute Gasteiger partial charge is 0.179 e. The van der Waals surface area contributed by atoms with Crippen LogP contribution in [0.5, 0.6) is 0 Å². The zero-order valence-electron chi connectivity index (χ0n) is 33.7. The van der Waals surface area contributed by atoms with Crippen molar-refractivity contribution < 1.29 is 8.78 Å². The first-order valence-corrected chi connectivity index (χ1v) is 22.5. The minimum Gasteiger partial charge on any atom is -0.208 e. The van der Waals surface area contributed by atoms with Gasteiger partial charge in [0.25, 0.3) is 0 Å². The molecule has 0 saturated carbocycles.